The molecule has 1 saturated carbocycles. The lowest BCUT2D eigenvalue weighted by Crippen LogP contribution is -2.56. The molecule has 6 heteroatoms. The molecule has 0 spiro atoms. The van der Waals surface area contributed by atoms with Gasteiger partial charge in [0.25, 0.3) is 0 Å². The molecular formula is C17H26N2O3S. The number of aromatic nitrogens is 1. The van der Waals surface area contributed by atoms with Crippen LogP contribution in [0.3, 0.4) is 0 Å². The highest BCUT2D eigenvalue weighted by molar-refractivity contribution is 7.09. The smallest absolute Gasteiger partial charge is 0.329 e. The SMILES string of the molecule is CC1CCC(NC(=O)Cc2csc(C(C)(C)C)n2)(C(=O)O)CC1. The minimum absolute atomic E-state index is 0.0405. The summed E-state index contributed by atoms with van der Waals surface area (Å²) >= 11 is 1.54. The number of rotatable bonds is 4. The summed E-state index contributed by atoms with van der Waals surface area (Å²) in [4.78, 5) is 28.5. The maximum Gasteiger partial charge on any atom is 0.329 e. The summed E-state index contributed by atoms with van der Waals surface area (Å²) in [6, 6.07) is 0. The monoisotopic (exact) mass is 338 g/mol. The van der Waals surface area contributed by atoms with Crippen molar-refractivity contribution in [1.82, 2.24) is 10.3 Å². The van der Waals surface area contributed by atoms with E-state index in [2.05, 4.69) is 38.0 Å². The van der Waals surface area contributed by atoms with Crippen molar-refractivity contribution >= 4 is 23.2 Å². The van der Waals surface area contributed by atoms with E-state index in [0.29, 0.717) is 24.5 Å². The van der Waals surface area contributed by atoms with Crippen LogP contribution in [0.5, 0.6) is 0 Å². The lowest BCUT2D eigenvalue weighted by molar-refractivity contribution is -0.149. The molecule has 0 aromatic carbocycles. The average Bonchev–Trinajstić information content (AvgIpc) is 2.89. The molecule has 2 rings (SSSR count). The first-order chi connectivity index (χ1) is 10.6. The predicted molar refractivity (Wildman–Crippen MR) is 90.7 cm³/mol. The van der Waals surface area contributed by atoms with Gasteiger partial charge in [-0.15, -0.1) is 11.3 Å². The van der Waals surface area contributed by atoms with E-state index < -0.39 is 11.5 Å². The molecule has 0 saturated heterocycles. The third kappa shape index (κ3) is 4.31. The molecule has 5 nitrogen and oxygen atoms in total. The van der Waals surface area contributed by atoms with Gasteiger partial charge in [-0.3, -0.25) is 4.79 Å². The summed E-state index contributed by atoms with van der Waals surface area (Å²) in [6.07, 6.45) is 2.80. The highest BCUT2D eigenvalue weighted by Crippen LogP contribution is 2.32. The Kier molecular flexibility index (Phi) is 5.14. The van der Waals surface area contributed by atoms with Crippen LogP contribution in [0.15, 0.2) is 5.38 Å². The zero-order chi connectivity index (χ0) is 17.3. The maximum absolute atomic E-state index is 12.3. The van der Waals surface area contributed by atoms with Crippen LogP contribution in [0, 0.1) is 5.92 Å². The summed E-state index contributed by atoms with van der Waals surface area (Å²) in [6.45, 7) is 8.37. The third-order valence-electron chi connectivity index (χ3n) is 4.45. The molecule has 0 radical (unpaired) electrons. The second-order valence-corrected chi connectivity index (χ2v) is 8.55. The molecule has 0 bridgehead atoms. The summed E-state index contributed by atoms with van der Waals surface area (Å²) in [5.41, 5.74) is -0.435. The first-order valence-corrected chi connectivity index (χ1v) is 9.00. The molecule has 128 valence electrons. The zero-order valence-corrected chi connectivity index (χ0v) is 15.1. The highest BCUT2D eigenvalue weighted by atomic mass is 32.1. The molecule has 2 N–H and O–H groups in total. The summed E-state index contributed by atoms with van der Waals surface area (Å²) in [5, 5.41) is 15.2. The molecule has 1 amide bonds. The van der Waals surface area contributed by atoms with Crippen molar-refractivity contribution in [3.63, 3.8) is 0 Å². The third-order valence-corrected chi connectivity index (χ3v) is 5.77. The number of carbonyl (C=O) groups is 2. The number of nitrogens with one attached hydrogen (secondary N) is 1. The van der Waals surface area contributed by atoms with E-state index in [4.69, 9.17) is 0 Å². The Bertz CT molecular complexity index is 581. The molecule has 1 fully saturated rings. The summed E-state index contributed by atoms with van der Waals surface area (Å²) < 4.78 is 0. The number of carbonyl (C=O) groups excluding carboxylic acids is 1. The second kappa shape index (κ2) is 6.59. The Labute approximate surface area is 141 Å². The molecule has 1 aromatic heterocycles. The number of nitrogens with zero attached hydrogens (tertiary/aromatic N) is 1. The minimum atomic E-state index is -1.10. The number of aliphatic carboxylic acids is 1. The maximum atomic E-state index is 12.3. The lowest BCUT2D eigenvalue weighted by Gasteiger charge is -2.36. The van der Waals surface area contributed by atoms with Crippen molar-refractivity contribution in [3.8, 4) is 0 Å². The molecular weight excluding hydrogens is 312 g/mol. The quantitative estimate of drug-likeness (QED) is 0.884. The predicted octanol–water partition coefficient (Wildman–Crippen LogP) is 3.13. The fourth-order valence-corrected chi connectivity index (χ4v) is 3.76. The topological polar surface area (TPSA) is 79.3 Å². The van der Waals surface area contributed by atoms with E-state index in [9.17, 15) is 14.7 Å². The van der Waals surface area contributed by atoms with Crippen molar-refractivity contribution in [2.24, 2.45) is 5.92 Å². The number of thiazole rings is 1. The van der Waals surface area contributed by atoms with Crippen LogP contribution >= 0.6 is 11.3 Å². The van der Waals surface area contributed by atoms with Gasteiger partial charge < -0.3 is 10.4 Å². The van der Waals surface area contributed by atoms with E-state index in [0.717, 1.165) is 17.8 Å². The molecule has 1 aliphatic rings. The Balaban J connectivity index is 2.03. The van der Waals surface area contributed by atoms with Crippen LogP contribution in [0.25, 0.3) is 0 Å². The van der Waals surface area contributed by atoms with E-state index in [1.807, 2.05) is 5.38 Å². The number of hydrogen-bond acceptors (Lipinski definition) is 4. The second-order valence-electron chi connectivity index (χ2n) is 7.69. The van der Waals surface area contributed by atoms with Gasteiger partial charge in [-0.2, -0.15) is 0 Å². The van der Waals surface area contributed by atoms with E-state index in [1.165, 1.54) is 0 Å². The fourth-order valence-electron chi connectivity index (χ4n) is 2.86. The number of carboxylic acid groups (broad SMARTS) is 1. The van der Waals surface area contributed by atoms with Gasteiger partial charge in [0.15, 0.2) is 0 Å². The first kappa shape index (κ1) is 17.9. The lowest BCUT2D eigenvalue weighted by atomic mass is 9.77. The van der Waals surface area contributed by atoms with Gasteiger partial charge in [0, 0.05) is 10.8 Å². The van der Waals surface area contributed by atoms with Gasteiger partial charge in [-0.05, 0) is 31.6 Å². The van der Waals surface area contributed by atoms with Gasteiger partial charge >= 0.3 is 5.97 Å². The van der Waals surface area contributed by atoms with Gasteiger partial charge in [-0.1, -0.05) is 27.7 Å². The molecule has 1 aromatic rings. The van der Waals surface area contributed by atoms with E-state index >= 15 is 0 Å². The average molecular weight is 338 g/mol. The van der Waals surface area contributed by atoms with Crippen LogP contribution < -0.4 is 5.32 Å². The zero-order valence-electron chi connectivity index (χ0n) is 14.3. The summed E-state index contributed by atoms with van der Waals surface area (Å²) in [7, 11) is 0. The number of hydrogen-bond donors (Lipinski definition) is 2. The normalized spacial score (nSPS) is 25.1. The Morgan fingerprint density at radius 3 is 2.48 bits per heavy atom. The fraction of sp³-hybridized carbons (Fsp3) is 0.706. The van der Waals surface area contributed by atoms with Gasteiger partial charge in [-0.25, -0.2) is 9.78 Å². The standard InChI is InChI=1S/C17H26N2O3S/c1-11-5-7-17(8-6-11,15(21)22)19-13(20)9-12-10-23-14(18-12)16(2,3)4/h10-11H,5-9H2,1-4H3,(H,19,20)(H,21,22). The van der Waals surface area contributed by atoms with Crippen LogP contribution in [-0.2, 0) is 21.4 Å². The van der Waals surface area contributed by atoms with E-state index in [1.54, 1.807) is 11.3 Å². The van der Waals surface area contributed by atoms with Crippen molar-refractivity contribution < 1.29 is 14.7 Å². The molecule has 0 atom stereocenters. The Morgan fingerprint density at radius 1 is 1.39 bits per heavy atom. The summed E-state index contributed by atoms with van der Waals surface area (Å²) in [5.74, 6) is -0.661. The minimum Gasteiger partial charge on any atom is -0.480 e. The van der Waals surface area contributed by atoms with E-state index in [-0.39, 0.29) is 17.7 Å². The molecule has 1 aliphatic carbocycles. The van der Waals surface area contributed by atoms with Crippen LogP contribution in [0.2, 0.25) is 0 Å². The molecule has 1 heterocycles. The van der Waals surface area contributed by atoms with Crippen molar-refractivity contribution in [2.45, 2.75) is 70.8 Å². The van der Waals surface area contributed by atoms with Gasteiger partial charge in [0.1, 0.15) is 5.54 Å². The van der Waals surface area contributed by atoms with Crippen LogP contribution in [-0.4, -0.2) is 27.5 Å². The van der Waals surface area contributed by atoms with Crippen LogP contribution in [0.4, 0.5) is 0 Å². The number of amides is 1. The molecule has 0 unspecified atom stereocenters. The van der Waals surface area contributed by atoms with Crippen molar-refractivity contribution in [2.75, 3.05) is 0 Å². The number of carboxylic acids is 1. The van der Waals surface area contributed by atoms with Crippen molar-refractivity contribution in [1.29, 1.82) is 0 Å². The van der Waals surface area contributed by atoms with Gasteiger partial charge in [0.05, 0.1) is 17.1 Å². The van der Waals surface area contributed by atoms with Crippen molar-refractivity contribution in [3.05, 3.63) is 16.1 Å². The Morgan fingerprint density at radius 2 is 2.00 bits per heavy atom. The van der Waals surface area contributed by atoms with Crippen LogP contribution in [0.1, 0.15) is 64.1 Å². The molecule has 23 heavy (non-hydrogen) atoms. The van der Waals surface area contributed by atoms with Gasteiger partial charge in [0.2, 0.25) is 5.91 Å². The first-order valence-electron chi connectivity index (χ1n) is 8.12. The Hall–Kier alpha value is -1.43. The highest BCUT2D eigenvalue weighted by Gasteiger charge is 2.42. The largest absolute Gasteiger partial charge is 0.480 e. The molecule has 0 aliphatic heterocycles.